The van der Waals surface area contributed by atoms with E-state index in [-0.39, 0.29) is 5.41 Å². The molecule has 1 N–H and O–H groups in total. The summed E-state index contributed by atoms with van der Waals surface area (Å²) in [5.74, 6) is 1.13. The second-order valence-corrected chi connectivity index (χ2v) is 7.02. The van der Waals surface area contributed by atoms with Crippen molar-refractivity contribution < 1.29 is 9.84 Å². The normalized spacial score (nSPS) is 11.6. The van der Waals surface area contributed by atoms with E-state index in [1.54, 1.807) is 6.21 Å². The summed E-state index contributed by atoms with van der Waals surface area (Å²) in [5.41, 5.74) is 2.34. The quantitative estimate of drug-likeness (QED) is 0.395. The number of aromatic hydroxyl groups is 1. The third kappa shape index (κ3) is 5.49. The highest BCUT2D eigenvalue weighted by molar-refractivity contribution is 5.86. The van der Waals surface area contributed by atoms with E-state index in [9.17, 15) is 5.11 Å². The van der Waals surface area contributed by atoms with Gasteiger partial charge in [-0.25, -0.2) is 0 Å². The van der Waals surface area contributed by atoms with Crippen LogP contribution in [0.5, 0.6) is 11.5 Å². The molecule has 2 aromatic rings. The molecule has 0 unspecified atom stereocenters. The summed E-state index contributed by atoms with van der Waals surface area (Å²) in [6, 6.07) is 13.4. The molecular weight excluding hydrogens is 310 g/mol. The standard InChI is InChI=1S/C22H27NO2/c1-5-6-7-15-25-19-13-11-18(12-14-19)23-16-17-9-8-10-20(21(17)24)22(2,3)4/h5,8-14,16,24H,1,6-7,15H2,2-4H3. The zero-order chi connectivity index (χ0) is 18.3. The van der Waals surface area contributed by atoms with Crippen molar-refractivity contribution in [3.63, 3.8) is 0 Å². The Morgan fingerprint density at radius 2 is 1.84 bits per heavy atom. The second kappa shape index (κ2) is 8.52. The Balaban J connectivity index is 2.06. The number of benzene rings is 2. The summed E-state index contributed by atoms with van der Waals surface area (Å²) in [5, 5.41) is 10.5. The number of phenols is 1. The van der Waals surface area contributed by atoms with Gasteiger partial charge in [0.25, 0.3) is 0 Å². The minimum absolute atomic E-state index is 0.113. The predicted octanol–water partition coefficient (Wildman–Crippen LogP) is 5.79. The number of para-hydroxylation sites is 1. The van der Waals surface area contributed by atoms with Gasteiger partial charge in [-0.15, -0.1) is 6.58 Å². The van der Waals surface area contributed by atoms with E-state index in [4.69, 9.17) is 4.74 Å². The number of allylic oxidation sites excluding steroid dienone is 1. The van der Waals surface area contributed by atoms with E-state index in [0.717, 1.165) is 35.4 Å². The summed E-state index contributed by atoms with van der Waals surface area (Å²) in [6.07, 6.45) is 5.52. The molecule has 0 fully saturated rings. The Kier molecular flexibility index (Phi) is 6.40. The zero-order valence-electron chi connectivity index (χ0n) is 15.3. The molecule has 0 aromatic heterocycles. The number of rotatable bonds is 7. The van der Waals surface area contributed by atoms with Gasteiger partial charge in [-0.3, -0.25) is 4.99 Å². The number of hydrogen-bond acceptors (Lipinski definition) is 3. The maximum atomic E-state index is 10.5. The molecule has 0 spiro atoms. The molecule has 0 heterocycles. The lowest BCUT2D eigenvalue weighted by molar-refractivity contribution is 0.312. The highest BCUT2D eigenvalue weighted by Crippen LogP contribution is 2.32. The van der Waals surface area contributed by atoms with E-state index in [1.165, 1.54) is 0 Å². The van der Waals surface area contributed by atoms with Crippen molar-refractivity contribution in [2.75, 3.05) is 6.61 Å². The molecule has 0 radical (unpaired) electrons. The monoisotopic (exact) mass is 337 g/mol. The molecule has 0 bridgehead atoms. The molecular formula is C22H27NO2. The van der Waals surface area contributed by atoms with Gasteiger partial charge in [-0.1, -0.05) is 39.0 Å². The van der Waals surface area contributed by atoms with Gasteiger partial charge in [0.2, 0.25) is 0 Å². The molecule has 3 heteroatoms. The molecule has 0 saturated heterocycles. The summed E-state index contributed by atoms with van der Waals surface area (Å²) >= 11 is 0. The first-order valence-corrected chi connectivity index (χ1v) is 8.62. The first-order chi connectivity index (χ1) is 11.9. The number of aliphatic imine (C=N–C) groups is 1. The minimum atomic E-state index is -0.113. The average molecular weight is 337 g/mol. The van der Waals surface area contributed by atoms with Crippen LogP contribution in [0, 0.1) is 0 Å². The molecule has 132 valence electrons. The Morgan fingerprint density at radius 1 is 1.12 bits per heavy atom. The van der Waals surface area contributed by atoms with Crippen LogP contribution in [-0.2, 0) is 5.41 Å². The summed E-state index contributed by atoms with van der Waals surface area (Å²) < 4.78 is 5.66. The van der Waals surface area contributed by atoms with Crippen molar-refractivity contribution in [3.8, 4) is 11.5 Å². The van der Waals surface area contributed by atoms with Crippen molar-refractivity contribution in [2.45, 2.75) is 39.0 Å². The van der Waals surface area contributed by atoms with Crippen molar-refractivity contribution in [1.29, 1.82) is 0 Å². The molecule has 2 aromatic carbocycles. The first kappa shape index (κ1) is 18.8. The van der Waals surface area contributed by atoms with E-state index < -0.39 is 0 Å². The van der Waals surface area contributed by atoms with Crippen molar-refractivity contribution in [2.24, 2.45) is 4.99 Å². The van der Waals surface area contributed by atoms with Crippen molar-refractivity contribution in [3.05, 3.63) is 66.2 Å². The van der Waals surface area contributed by atoms with Gasteiger partial charge in [0.15, 0.2) is 0 Å². The molecule has 0 amide bonds. The van der Waals surface area contributed by atoms with Gasteiger partial charge >= 0.3 is 0 Å². The highest BCUT2D eigenvalue weighted by atomic mass is 16.5. The van der Waals surface area contributed by atoms with Gasteiger partial charge in [0.1, 0.15) is 11.5 Å². The van der Waals surface area contributed by atoms with Crippen LogP contribution in [-0.4, -0.2) is 17.9 Å². The average Bonchev–Trinajstić information content (AvgIpc) is 2.58. The molecule has 0 aliphatic heterocycles. The van der Waals surface area contributed by atoms with Crippen LogP contribution in [0.1, 0.15) is 44.7 Å². The number of unbranched alkanes of at least 4 members (excludes halogenated alkanes) is 1. The van der Waals surface area contributed by atoms with E-state index in [1.807, 2.05) is 48.5 Å². The maximum absolute atomic E-state index is 10.5. The lowest BCUT2D eigenvalue weighted by Gasteiger charge is -2.21. The number of hydrogen-bond donors (Lipinski definition) is 1. The molecule has 25 heavy (non-hydrogen) atoms. The molecule has 3 nitrogen and oxygen atoms in total. The summed E-state index contributed by atoms with van der Waals surface area (Å²) in [6.45, 7) is 10.6. The van der Waals surface area contributed by atoms with E-state index in [0.29, 0.717) is 12.4 Å². The van der Waals surface area contributed by atoms with E-state index >= 15 is 0 Å². The molecule has 0 aliphatic carbocycles. The number of nitrogens with zero attached hydrogens (tertiary/aromatic N) is 1. The molecule has 2 rings (SSSR count). The van der Waals surface area contributed by atoms with Gasteiger partial charge < -0.3 is 9.84 Å². The van der Waals surface area contributed by atoms with Gasteiger partial charge in [-0.2, -0.15) is 0 Å². The van der Waals surface area contributed by atoms with Crippen LogP contribution in [0.2, 0.25) is 0 Å². The molecule has 0 atom stereocenters. The number of phenolic OH excluding ortho intramolecular Hbond substituents is 1. The maximum Gasteiger partial charge on any atom is 0.128 e. The molecule has 0 saturated carbocycles. The number of ether oxygens (including phenoxy) is 1. The Hall–Kier alpha value is -2.55. The van der Waals surface area contributed by atoms with Crippen molar-refractivity contribution in [1.82, 2.24) is 0 Å². The van der Waals surface area contributed by atoms with Crippen LogP contribution < -0.4 is 4.74 Å². The zero-order valence-corrected chi connectivity index (χ0v) is 15.3. The fraction of sp³-hybridized carbons (Fsp3) is 0.318. The topological polar surface area (TPSA) is 41.8 Å². The predicted molar refractivity (Wildman–Crippen MR) is 105 cm³/mol. The highest BCUT2D eigenvalue weighted by Gasteiger charge is 2.19. The van der Waals surface area contributed by atoms with Crippen LogP contribution in [0.15, 0.2) is 60.1 Å². The van der Waals surface area contributed by atoms with Crippen LogP contribution >= 0.6 is 0 Å². The van der Waals surface area contributed by atoms with Crippen LogP contribution in [0.3, 0.4) is 0 Å². The Labute approximate surface area is 150 Å². The minimum Gasteiger partial charge on any atom is -0.507 e. The third-order valence-corrected chi connectivity index (χ3v) is 3.89. The Morgan fingerprint density at radius 3 is 2.48 bits per heavy atom. The smallest absolute Gasteiger partial charge is 0.128 e. The fourth-order valence-electron chi connectivity index (χ4n) is 2.46. The first-order valence-electron chi connectivity index (χ1n) is 8.62. The SMILES string of the molecule is C=CCCCOc1ccc(N=Cc2cccc(C(C)(C)C)c2O)cc1. The molecule has 0 aliphatic rings. The van der Waals surface area contributed by atoms with Gasteiger partial charge in [0, 0.05) is 11.8 Å². The summed E-state index contributed by atoms with van der Waals surface area (Å²) in [4.78, 5) is 4.46. The lowest BCUT2D eigenvalue weighted by atomic mass is 9.85. The lowest BCUT2D eigenvalue weighted by Crippen LogP contribution is -2.11. The van der Waals surface area contributed by atoms with Gasteiger partial charge in [-0.05, 0) is 54.2 Å². The van der Waals surface area contributed by atoms with Crippen LogP contribution in [0.4, 0.5) is 5.69 Å². The fourth-order valence-corrected chi connectivity index (χ4v) is 2.46. The largest absolute Gasteiger partial charge is 0.507 e. The van der Waals surface area contributed by atoms with Crippen molar-refractivity contribution >= 4 is 11.9 Å². The van der Waals surface area contributed by atoms with E-state index in [2.05, 4.69) is 32.3 Å². The van der Waals surface area contributed by atoms with Gasteiger partial charge in [0.05, 0.1) is 12.3 Å². The third-order valence-electron chi connectivity index (χ3n) is 3.89. The Bertz CT molecular complexity index is 725. The summed E-state index contributed by atoms with van der Waals surface area (Å²) in [7, 11) is 0. The van der Waals surface area contributed by atoms with Crippen LogP contribution in [0.25, 0.3) is 0 Å². The second-order valence-electron chi connectivity index (χ2n) is 7.02.